The first-order valence-corrected chi connectivity index (χ1v) is 9.52. The number of carbonyl (C=O) groups excluding carboxylic acids is 2. The molecule has 0 unspecified atom stereocenters. The quantitative estimate of drug-likeness (QED) is 0.432. The summed E-state index contributed by atoms with van der Waals surface area (Å²) in [6.45, 7) is 1.91. The number of hydrogen-bond donors (Lipinski definition) is 1. The zero-order chi connectivity index (χ0) is 21.8. The number of benzene rings is 1. The van der Waals surface area contributed by atoms with Gasteiger partial charge in [-0.3, -0.25) is 14.3 Å². The van der Waals surface area contributed by atoms with E-state index in [2.05, 4.69) is 15.4 Å². The highest BCUT2D eigenvalue weighted by atomic mass is 16.5. The highest BCUT2D eigenvalue weighted by Gasteiger charge is 2.22. The number of nitrogens with one attached hydrogen (secondary N) is 1. The third kappa shape index (κ3) is 4.62. The van der Waals surface area contributed by atoms with Crippen molar-refractivity contribution in [2.75, 3.05) is 12.4 Å². The van der Waals surface area contributed by atoms with E-state index in [9.17, 15) is 9.59 Å². The van der Waals surface area contributed by atoms with Crippen LogP contribution < -0.4 is 5.32 Å². The Morgan fingerprint density at radius 1 is 1.10 bits per heavy atom. The molecule has 1 N–H and O–H groups in total. The second-order valence-electron chi connectivity index (χ2n) is 6.76. The van der Waals surface area contributed by atoms with Crippen molar-refractivity contribution in [2.45, 2.75) is 20.1 Å². The average Bonchev–Trinajstić information content (AvgIpc) is 3.49. The zero-order valence-electron chi connectivity index (χ0n) is 17.0. The van der Waals surface area contributed by atoms with Gasteiger partial charge in [-0.1, -0.05) is 30.3 Å². The van der Waals surface area contributed by atoms with Gasteiger partial charge in [0.2, 0.25) is 5.89 Å². The standard InChI is InChI=1S/C22H20N4O5/c1-14(27)17-9-8-16(30-17)12-26-11-10-18(25-26)23-22(28)20-21(15-6-4-3-5-7-15)31-19(24-20)13-29-2/h3-11H,12-13H2,1-2H3,(H,23,25,28). The molecule has 0 atom stereocenters. The predicted octanol–water partition coefficient (Wildman–Crippen LogP) is 3.78. The Bertz CT molecular complexity index is 1210. The SMILES string of the molecule is COCc1nc(C(=O)Nc2ccn(Cc3ccc(C(C)=O)o3)n2)c(-c2ccccc2)o1. The van der Waals surface area contributed by atoms with Crippen molar-refractivity contribution in [3.05, 3.63) is 77.8 Å². The van der Waals surface area contributed by atoms with Gasteiger partial charge in [0.25, 0.3) is 5.91 Å². The number of carbonyl (C=O) groups is 2. The molecule has 3 heterocycles. The molecular weight excluding hydrogens is 400 g/mol. The second kappa shape index (κ2) is 8.80. The van der Waals surface area contributed by atoms with Gasteiger partial charge in [-0.05, 0) is 12.1 Å². The van der Waals surface area contributed by atoms with E-state index in [1.165, 1.54) is 14.0 Å². The van der Waals surface area contributed by atoms with Gasteiger partial charge in [0.15, 0.2) is 28.8 Å². The molecule has 0 aliphatic rings. The van der Waals surface area contributed by atoms with Gasteiger partial charge in [0.05, 0.1) is 6.54 Å². The van der Waals surface area contributed by atoms with Crippen LogP contribution in [0.25, 0.3) is 11.3 Å². The largest absolute Gasteiger partial charge is 0.456 e. The van der Waals surface area contributed by atoms with Crippen LogP contribution in [0.15, 0.2) is 63.6 Å². The third-order valence-corrected chi connectivity index (χ3v) is 4.40. The number of anilines is 1. The molecule has 1 amide bonds. The fourth-order valence-electron chi connectivity index (χ4n) is 2.99. The smallest absolute Gasteiger partial charge is 0.279 e. The summed E-state index contributed by atoms with van der Waals surface area (Å²) >= 11 is 0. The molecule has 1 aromatic carbocycles. The Morgan fingerprint density at radius 2 is 1.90 bits per heavy atom. The molecule has 9 heteroatoms. The van der Waals surface area contributed by atoms with Crippen molar-refractivity contribution in [1.82, 2.24) is 14.8 Å². The summed E-state index contributed by atoms with van der Waals surface area (Å²) in [6.07, 6.45) is 1.70. The van der Waals surface area contributed by atoms with Gasteiger partial charge in [0.1, 0.15) is 12.4 Å². The van der Waals surface area contributed by atoms with E-state index in [0.717, 1.165) is 5.56 Å². The molecule has 158 valence electrons. The van der Waals surface area contributed by atoms with E-state index in [0.29, 0.717) is 35.5 Å². The Hall–Kier alpha value is -3.98. The van der Waals surface area contributed by atoms with Gasteiger partial charge in [-0.15, -0.1) is 0 Å². The van der Waals surface area contributed by atoms with Crippen molar-refractivity contribution in [1.29, 1.82) is 0 Å². The van der Waals surface area contributed by atoms with Crippen LogP contribution in [0.5, 0.6) is 0 Å². The van der Waals surface area contributed by atoms with Crippen LogP contribution in [0.3, 0.4) is 0 Å². The maximum Gasteiger partial charge on any atom is 0.279 e. The van der Waals surface area contributed by atoms with E-state index >= 15 is 0 Å². The molecule has 4 rings (SSSR count). The van der Waals surface area contributed by atoms with Gasteiger partial charge >= 0.3 is 0 Å². The van der Waals surface area contributed by atoms with Crippen molar-refractivity contribution in [3.8, 4) is 11.3 Å². The maximum atomic E-state index is 12.9. The first-order valence-electron chi connectivity index (χ1n) is 9.52. The predicted molar refractivity (Wildman–Crippen MR) is 111 cm³/mol. The number of furan rings is 1. The van der Waals surface area contributed by atoms with Crippen LogP contribution >= 0.6 is 0 Å². The summed E-state index contributed by atoms with van der Waals surface area (Å²) in [5, 5.41) is 7.06. The van der Waals surface area contributed by atoms with Crippen LogP contribution in [0.4, 0.5) is 5.82 Å². The molecule has 0 bridgehead atoms. The molecule has 9 nitrogen and oxygen atoms in total. The van der Waals surface area contributed by atoms with E-state index in [-0.39, 0.29) is 18.1 Å². The molecule has 31 heavy (non-hydrogen) atoms. The highest BCUT2D eigenvalue weighted by molar-refractivity contribution is 6.06. The van der Waals surface area contributed by atoms with Crippen molar-refractivity contribution in [2.24, 2.45) is 0 Å². The van der Waals surface area contributed by atoms with E-state index in [1.807, 2.05) is 30.3 Å². The average molecular weight is 420 g/mol. The lowest BCUT2D eigenvalue weighted by molar-refractivity contribution is 0.0983. The van der Waals surface area contributed by atoms with E-state index < -0.39 is 5.91 Å². The first-order chi connectivity index (χ1) is 15.0. The molecule has 0 radical (unpaired) electrons. The van der Waals surface area contributed by atoms with Crippen LogP contribution in [-0.4, -0.2) is 33.6 Å². The summed E-state index contributed by atoms with van der Waals surface area (Å²) in [4.78, 5) is 28.5. The summed E-state index contributed by atoms with van der Waals surface area (Å²) in [7, 11) is 1.52. The molecule has 0 saturated heterocycles. The molecule has 4 aromatic rings. The number of ketones is 1. The zero-order valence-corrected chi connectivity index (χ0v) is 17.0. The van der Waals surface area contributed by atoms with Gasteiger partial charge in [-0.2, -0.15) is 5.10 Å². The topological polar surface area (TPSA) is 112 Å². The fourth-order valence-corrected chi connectivity index (χ4v) is 2.99. The normalized spacial score (nSPS) is 10.9. The first kappa shape index (κ1) is 20.3. The van der Waals surface area contributed by atoms with Crippen LogP contribution in [0.2, 0.25) is 0 Å². The lowest BCUT2D eigenvalue weighted by atomic mass is 10.1. The van der Waals surface area contributed by atoms with E-state index in [4.69, 9.17) is 13.6 Å². The molecule has 0 spiro atoms. The summed E-state index contributed by atoms with van der Waals surface area (Å²) in [5.74, 6) is 1.29. The van der Waals surface area contributed by atoms with Crippen molar-refractivity contribution < 1.29 is 23.2 Å². The summed E-state index contributed by atoms with van der Waals surface area (Å²) < 4.78 is 17.9. The Balaban J connectivity index is 1.51. The number of Topliss-reactive ketones (excluding diaryl/α,β-unsaturated/α-hetero) is 1. The second-order valence-corrected chi connectivity index (χ2v) is 6.76. The Morgan fingerprint density at radius 3 is 2.61 bits per heavy atom. The van der Waals surface area contributed by atoms with Crippen LogP contribution in [0, 0.1) is 0 Å². The summed E-state index contributed by atoms with van der Waals surface area (Å²) in [5.41, 5.74) is 0.872. The van der Waals surface area contributed by atoms with Crippen molar-refractivity contribution >= 4 is 17.5 Å². The highest BCUT2D eigenvalue weighted by Crippen LogP contribution is 2.26. The number of oxazole rings is 1. The van der Waals surface area contributed by atoms with Gasteiger partial charge in [0, 0.05) is 31.9 Å². The van der Waals surface area contributed by atoms with Gasteiger partial charge in [-0.25, -0.2) is 4.98 Å². The fraction of sp³-hybridized carbons (Fsp3) is 0.182. The Labute approximate surface area is 177 Å². The maximum absolute atomic E-state index is 12.9. The molecular formula is C22H20N4O5. The molecule has 0 aliphatic heterocycles. The number of aromatic nitrogens is 3. The minimum atomic E-state index is -0.452. The number of hydrogen-bond acceptors (Lipinski definition) is 7. The van der Waals surface area contributed by atoms with Gasteiger partial charge < -0.3 is 18.9 Å². The number of methoxy groups -OCH3 is 1. The molecule has 0 saturated carbocycles. The number of nitrogens with zero attached hydrogens (tertiary/aromatic N) is 3. The monoisotopic (exact) mass is 420 g/mol. The minimum Gasteiger partial charge on any atom is -0.456 e. The van der Waals surface area contributed by atoms with Crippen LogP contribution in [-0.2, 0) is 17.9 Å². The Kier molecular flexibility index (Phi) is 5.76. The third-order valence-electron chi connectivity index (χ3n) is 4.40. The van der Waals surface area contributed by atoms with E-state index in [1.54, 1.807) is 29.1 Å². The summed E-state index contributed by atoms with van der Waals surface area (Å²) in [6, 6.07) is 14.2. The lowest BCUT2D eigenvalue weighted by Crippen LogP contribution is -2.14. The molecule has 0 aliphatic carbocycles. The minimum absolute atomic E-state index is 0.143. The molecule has 0 fully saturated rings. The van der Waals surface area contributed by atoms with Crippen LogP contribution in [0.1, 0.15) is 39.6 Å². The lowest BCUT2D eigenvalue weighted by Gasteiger charge is -2.02. The van der Waals surface area contributed by atoms with Crippen molar-refractivity contribution in [3.63, 3.8) is 0 Å². The molecule has 3 aromatic heterocycles. The number of rotatable bonds is 8. The number of ether oxygens (including phenoxy) is 1. The number of amides is 1.